The molecule has 0 aliphatic carbocycles. The van der Waals surface area contributed by atoms with Crippen molar-refractivity contribution < 1.29 is 9.52 Å². The zero-order chi connectivity index (χ0) is 10.5. The van der Waals surface area contributed by atoms with Crippen LogP contribution in [0.3, 0.4) is 0 Å². The van der Waals surface area contributed by atoms with Crippen molar-refractivity contribution >= 4 is 11.0 Å². The van der Waals surface area contributed by atoms with E-state index >= 15 is 0 Å². The highest BCUT2D eigenvalue weighted by Gasteiger charge is 2.00. The quantitative estimate of drug-likeness (QED) is 0.596. The molecule has 0 atom stereocenters. The molecule has 2 aromatic rings. The average Bonchev–Trinajstić information content (AvgIpc) is 2.73. The largest absolute Gasteiger partial charge is 0.464 e. The second-order valence-electron chi connectivity index (χ2n) is 3.12. The zero-order valence-corrected chi connectivity index (χ0v) is 8.23. The van der Waals surface area contributed by atoms with Gasteiger partial charge >= 0.3 is 0 Å². The van der Waals surface area contributed by atoms with E-state index < -0.39 is 0 Å². The summed E-state index contributed by atoms with van der Waals surface area (Å²) in [4.78, 5) is 4.18. The SMILES string of the molecule is OCCCC#Cc1nccc2occc12. The predicted octanol–water partition coefficient (Wildman–Crippen LogP) is 1.95. The molecule has 0 aromatic carbocycles. The number of hydrogen-bond acceptors (Lipinski definition) is 3. The van der Waals surface area contributed by atoms with Crippen LogP contribution in [0, 0.1) is 11.8 Å². The van der Waals surface area contributed by atoms with Crippen LogP contribution in [-0.2, 0) is 0 Å². The normalized spacial score (nSPS) is 9.93. The van der Waals surface area contributed by atoms with Gasteiger partial charge in [-0.15, -0.1) is 0 Å². The summed E-state index contributed by atoms with van der Waals surface area (Å²) in [7, 11) is 0. The fourth-order valence-corrected chi connectivity index (χ4v) is 1.31. The van der Waals surface area contributed by atoms with Gasteiger partial charge in [0.25, 0.3) is 0 Å². The van der Waals surface area contributed by atoms with Gasteiger partial charge in [0.1, 0.15) is 11.3 Å². The van der Waals surface area contributed by atoms with Crippen LogP contribution in [0.5, 0.6) is 0 Å². The van der Waals surface area contributed by atoms with Gasteiger partial charge in [0.15, 0.2) is 0 Å². The molecule has 3 heteroatoms. The summed E-state index contributed by atoms with van der Waals surface area (Å²) in [6.07, 6.45) is 4.70. The van der Waals surface area contributed by atoms with Gasteiger partial charge < -0.3 is 9.52 Å². The molecule has 0 aliphatic heterocycles. The molecule has 15 heavy (non-hydrogen) atoms. The predicted molar refractivity (Wildman–Crippen MR) is 57.2 cm³/mol. The van der Waals surface area contributed by atoms with E-state index in [1.807, 2.05) is 12.1 Å². The minimum absolute atomic E-state index is 0.179. The van der Waals surface area contributed by atoms with E-state index in [2.05, 4.69) is 16.8 Å². The topological polar surface area (TPSA) is 46.3 Å². The van der Waals surface area contributed by atoms with E-state index in [0.717, 1.165) is 16.7 Å². The Morgan fingerprint density at radius 3 is 3.20 bits per heavy atom. The van der Waals surface area contributed by atoms with Crippen LogP contribution in [-0.4, -0.2) is 16.7 Å². The van der Waals surface area contributed by atoms with E-state index in [-0.39, 0.29) is 6.61 Å². The Morgan fingerprint density at radius 2 is 2.33 bits per heavy atom. The van der Waals surface area contributed by atoms with Crippen LogP contribution in [0.4, 0.5) is 0 Å². The maximum Gasteiger partial charge on any atom is 0.138 e. The first-order valence-electron chi connectivity index (χ1n) is 4.84. The molecule has 0 bridgehead atoms. The van der Waals surface area contributed by atoms with Crippen LogP contribution < -0.4 is 0 Å². The summed E-state index contributed by atoms with van der Waals surface area (Å²) >= 11 is 0. The van der Waals surface area contributed by atoms with E-state index in [0.29, 0.717) is 12.8 Å². The Morgan fingerprint density at radius 1 is 1.40 bits per heavy atom. The van der Waals surface area contributed by atoms with Gasteiger partial charge in [-0.05, 0) is 24.5 Å². The van der Waals surface area contributed by atoms with Crippen molar-refractivity contribution in [3.63, 3.8) is 0 Å². The maximum absolute atomic E-state index is 8.60. The molecule has 0 spiro atoms. The molecule has 0 saturated carbocycles. The molecule has 2 heterocycles. The lowest BCUT2D eigenvalue weighted by molar-refractivity contribution is 0.290. The fourth-order valence-electron chi connectivity index (χ4n) is 1.31. The Balaban J connectivity index is 2.26. The summed E-state index contributed by atoms with van der Waals surface area (Å²) in [6, 6.07) is 3.67. The molecule has 3 nitrogen and oxygen atoms in total. The first-order valence-corrected chi connectivity index (χ1v) is 4.84. The number of aliphatic hydroxyl groups excluding tert-OH is 1. The number of pyridine rings is 1. The minimum atomic E-state index is 0.179. The number of aromatic nitrogens is 1. The fraction of sp³-hybridized carbons (Fsp3) is 0.250. The molecule has 76 valence electrons. The highest BCUT2D eigenvalue weighted by atomic mass is 16.3. The molecule has 0 radical (unpaired) electrons. The second kappa shape index (κ2) is 4.63. The third kappa shape index (κ3) is 2.17. The van der Waals surface area contributed by atoms with Gasteiger partial charge in [-0.1, -0.05) is 5.92 Å². The Bertz CT molecular complexity index is 505. The van der Waals surface area contributed by atoms with E-state index in [4.69, 9.17) is 9.52 Å². The lowest BCUT2D eigenvalue weighted by Gasteiger charge is -1.91. The molecule has 0 aliphatic rings. The number of rotatable bonds is 2. The number of hydrogen-bond donors (Lipinski definition) is 1. The lowest BCUT2D eigenvalue weighted by atomic mass is 10.2. The first kappa shape index (κ1) is 9.75. The molecule has 2 rings (SSSR count). The number of unbranched alkanes of at least 4 members (excludes halogenated alkanes) is 1. The van der Waals surface area contributed by atoms with Crippen molar-refractivity contribution in [3.8, 4) is 11.8 Å². The third-order valence-corrected chi connectivity index (χ3v) is 2.05. The monoisotopic (exact) mass is 201 g/mol. The van der Waals surface area contributed by atoms with Crippen LogP contribution in [0.1, 0.15) is 18.5 Å². The Kier molecular flexibility index (Phi) is 3.01. The first-order chi connectivity index (χ1) is 7.42. The molecule has 2 aromatic heterocycles. The highest BCUT2D eigenvalue weighted by molar-refractivity contribution is 5.81. The van der Waals surface area contributed by atoms with E-state index in [9.17, 15) is 0 Å². The summed E-state index contributed by atoms with van der Waals surface area (Å²) in [5.74, 6) is 5.95. The Labute approximate surface area is 87.7 Å². The van der Waals surface area contributed by atoms with Crippen molar-refractivity contribution in [3.05, 3.63) is 30.3 Å². The van der Waals surface area contributed by atoms with Gasteiger partial charge in [0, 0.05) is 19.2 Å². The van der Waals surface area contributed by atoms with Gasteiger partial charge in [0.2, 0.25) is 0 Å². The van der Waals surface area contributed by atoms with E-state index in [1.165, 1.54) is 0 Å². The Hall–Kier alpha value is -1.79. The lowest BCUT2D eigenvalue weighted by Crippen LogP contribution is -1.83. The van der Waals surface area contributed by atoms with Crippen LogP contribution in [0.2, 0.25) is 0 Å². The highest BCUT2D eigenvalue weighted by Crippen LogP contribution is 2.16. The number of aliphatic hydroxyl groups is 1. The van der Waals surface area contributed by atoms with Crippen molar-refractivity contribution in [1.29, 1.82) is 0 Å². The third-order valence-electron chi connectivity index (χ3n) is 2.05. The molecular weight excluding hydrogens is 190 g/mol. The molecule has 0 amide bonds. The standard InChI is InChI=1S/C12H11NO2/c14-8-3-1-2-4-11-10-6-9-15-12(10)5-7-13-11/h5-7,9,14H,1,3,8H2. The van der Waals surface area contributed by atoms with Gasteiger partial charge in [-0.25, -0.2) is 4.98 Å². The van der Waals surface area contributed by atoms with Crippen molar-refractivity contribution in [2.45, 2.75) is 12.8 Å². The molecule has 1 N–H and O–H groups in total. The van der Waals surface area contributed by atoms with E-state index in [1.54, 1.807) is 12.5 Å². The molecule has 0 unspecified atom stereocenters. The van der Waals surface area contributed by atoms with Gasteiger partial charge in [0.05, 0.1) is 11.6 Å². The van der Waals surface area contributed by atoms with Crippen molar-refractivity contribution in [2.24, 2.45) is 0 Å². The summed E-state index contributed by atoms with van der Waals surface area (Å²) in [6.45, 7) is 0.179. The number of nitrogens with zero attached hydrogens (tertiary/aromatic N) is 1. The minimum Gasteiger partial charge on any atom is -0.464 e. The zero-order valence-electron chi connectivity index (χ0n) is 8.23. The van der Waals surface area contributed by atoms with Crippen LogP contribution in [0.15, 0.2) is 29.0 Å². The summed E-state index contributed by atoms with van der Waals surface area (Å²) in [5, 5.41) is 9.54. The van der Waals surface area contributed by atoms with Gasteiger partial charge in [-0.2, -0.15) is 0 Å². The second-order valence-corrected chi connectivity index (χ2v) is 3.12. The van der Waals surface area contributed by atoms with Crippen molar-refractivity contribution in [1.82, 2.24) is 4.98 Å². The van der Waals surface area contributed by atoms with Crippen LogP contribution >= 0.6 is 0 Å². The summed E-state index contributed by atoms with van der Waals surface area (Å²) in [5.41, 5.74) is 1.54. The maximum atomic E-state index is 8.60. The summed E-state index contributed by atoms with van der Waals surface area (Å²) < 4.78 is 5.24. The van der Waals surface area contributed by atoms with Crippen LogP contribution in [0.25, 0.3) is 11.0 Å². The smallest absolute Gasteiger partial charge is 0.138 e. The number of fused-ring (bicyclic) bond motifs is 1. The molecule has 0 saturated heterocycles. The average molecular weight is 201 g/mol. The van der Waals surface area contributed by atoms with Gasteiger partial charge in [-0.3, -0.25) is 0 Å². The molecule has 0 fully saturated rings. The molecular formula is C12H11NO2. The number of furan rings is 1. The van der Waals surface area contributed by atoms with Crippen molar-refractivity contribution in [2.75, 3.05) is 6.61 Å².